The van der Waals surface area contributed by atoms with Crippen molar-refractivity contribution < 1.29 is 4.79 Å². The molecular formula is C21H37IN4O. The SMILES string of the molecule is CCNC(=NCC1(C2CC2)CCC1)NC1CCN(C(=O)C2CCCC2)C1.I. The minimum absolute atomic E-state index is 0. The first kappa shape index (κ1) is 21.2. The first-order chi connectivity index (χ1) is 12.7. The predicted molar refractivity (Wildman–Crippen MR) is 120 cm³/mol. The molecule has 0 aromatic heterocycles. The summed E-state index contributed by atoms with van der Waals surface area (Å²) >= 11 is 0. The highest BCUT2D eigenvalue weighted by Gasteiger charge is 2.48. The zero-order chi connectivity index (χ0) is 18.0. The van der Waals surface area contributed by atoms with Crippen LogP contribution in [0.4, 0.5) is 0 Å². The number of hydrogen-bond acceptors (Lipinski definition) is 2. The van der Waals surface area contributed by atoms with Crippen LogP contribution >= 0.6 is 24.0 Å². The molecule has 0 radical (unpaired) electrons. The summed E-state index contributed by atoms with van der Waals surface area (Å²) in [7, 11) is 0. The van der Waals surface area contributed by atoms with E-state index in [0.717, 1.165) is 57.3 Å². The van der Waals surface area contributed by atoms with E-state index >= 15 is 0 Å². The Bertz CT molecular complexity index is 538. The summed E-state index contributed by atoms with van der Waals surface area (Å²) in [6.45, 7) is 5.73. The number of halogens is 1. The molecule has 1 saturated heterocycles. The summed E-state index contributed by atoms with van der Waals surface area (Å²) in [5.41, 5.74) is 0.516. The lowest BCUT2D eigenvalue weighted by atomic mass is 9.65. The van der Waals surface area contributed by atoms with E-state index in [1.54, 1.807) is 0 Å². The van der Waals surface area contributed by atoms with Crippen molar-refractivity contribution in [3.05, 3.63) is 0 Å². The van der Waals surface area contributed by atoms with Gasteiger partial charge in [0.2, 0.25) is 5.91 Å². The smallest absolute Gasteiger partial charge is 0.225 e. The molecule has 3 aliphatic carbocycles. The van der Waals surface area contributed by atoms with Crippen LogP contribution in [0, 0.1) is 17.3 Å². The van der Waals surface area contributed by atoms with Gasteiger partial charge in [-0.3, -0.25) is 9.79 Å². The lowest BCUT2D eigenvalue weighted by Gasteiger charge is -2.41. The van der Waals surface area contributed by atoms with Crippen LogP contribution in [-0.2, 0) is 4.79 Å². The number of carbonyl (C=O) groups excluding carboxylic acids is 1. The Labute approximate surface area is 181 Å². The number of carbonyl (C=O) groups is 1. The quantitative estimate of drug-likeness (QED) is 0.342. The van der Waals surface area contributed by atoms with E-state index in [9.17, 15) is 4.79 Å². The normalized spacial score (nSPS) is 27.8. The van der Waals surface area contributed by atoms with Gasteiger partial charge in [0.05, 0.1) is 0 Å². The monoisotopic (exact) mass is 488 g/mol. The molecule has 4 rings (SSSR count). The molecule has 2 N–H and O–H groups in total. The Morgan fingerprint density at radius 2 is 1.85 bits per heavy atom. The highest BCUT2D eigenvalue weighted by atomic mass is 127. The molecule has 4 fully saturated rings. The molecule has 1 heterocycles. The lowest BCUT2D eigenvalue weighted by molar-refractivity contribution is -0.134. The third kappa shape index (κ3) is 4.91. The third-order valence-electron chi connectivity index (χ3n) is 7.23. The fraction of sp³-hybridized carbons (Fsp3) is 0.905. The van der Waals surface area contributed by atoms with Gasteiger partial charge in [0.15, 0.2) is 5.96 Å². The van der Waals surface area contributed by atoms with Crippen molar-refractivity contribution in [1.82, 2.24) is 15.5 Å². The van der Waals surface area contributed by atoms with E-state index in [4.69, 9.17) is 4.99 Å². The second kappa shape index (κ2) is 9.31. The third-order valence-corrected chi connectivity index (χ3v) is 7.23. The number of hydrogen-bond donors (Lipinski definition) is 2. The molecule has 5 nitrogen and oxygen atoms in total. The Balaban J connectivity index is 0.00000210. The maximum atomic E-state index is 12.6. The van der Waals surface area contributed by atoms with Crippen molar-refractivity contribution in [3.8, 4) is 0 Å². The second-order valence-corrected chi connectivity index (χ2v) is 9.08. The van der Waals surface area contributed by atoms with Gasteiger partial charge < -0.3 is 15.5 Å². The molecule has 1 atom stereocenters. The van der Waals surface area contributed by atoms with Gasteiger partial charge in [0, 0.05) is 38.1 Å². The number of likely N-dealkylation sites (tertiary alicyclic amines) is 1. The van der Waals surface area contributed by atoms with Crippen LogP contribution < -0.4 is 10.6 Å². The molecule has 27 heavy (non-hydrogen) atoms. The first-order valence-electron chi connectivity index (χ1n) is 11.0. The predicted octanol–water partition coefficient (Wildman–Crippen LogP) is 3.53. The number of rotatable bonds is 6. The van der Waals surface area contributed by atoms with Gasteiger partial charge in [0.25, 0.3) is 0 Å². The van der Waals surface area contributed by atoms with E-state index in [1.807, 2.05) is 0 Å². The van der Waals surface area contributed by atoms with E-state index in [2.05, 4.69) is 22.5 Å². The van der Waals surface area contributed by atoms with Crippen molar-refractivity contribution in [1.29, 1.82) is 0 Å². The van der Waals surface area contributed by atoms with Gasteiger partial charge in [0.1, 0.15) is 0 Å². The molecule has 0 aromatic rings. The van der Waals surface area contributed by atoms with E-state index in [1.165, 1.54) is 44.9 Å². The molecule has 1 aliphatic heterocycles. The summed E-state index contributed by atoms with van der Waals surface area (Å²) in [6, 6.07) is 0.344. The molecule has 6 heteroatoms. The van der Waals surface area contributed by atoms with Gasteiger partial charge in [-0.1, -0.05) is 19.3 Å². The standard InChI is InChI=1S/C21H36N4O.HI/c1-2-22-20(23-15-21(11-5-12-21)17-8-9-17)24-18-10-13-25(14-18)19(26)16-6-3-4-7-16;/h16-18H,2-15H2,1H3,(H2,22,23,24);1H. The van der Waals surface area contributed by atoms with Crippen LogP contribution in [0.25, 0.3) is 0 Å². The minimum atomic E-state index is 0. The highest BCUT2D eigenvalue weighted by molar-refractivity contribution is 14.0. The summed E-state index contributed by atoms with van der Waals surface area (Å²) < 4.78 is 0. The summed E-state index contributed by atoms with van der Waals surface area (Å²) in [5.74, 6) is 2.59. The number of aliphatic imine (C=N–C) groups is 1. The maximum absolute atomic E-state index is 12.6. The zero-order valence-corrected chi connectivity index (χ0v) is 19.2. The van der Waals surface area contributed by atoms with E-state index < -0.39 is 0 Å². The number of nitrogens with zero attached hydrogens (tertiary/aromatic N) is 2. The first-order valence-corrected chi connectivity index (χ1v) is 11.0. The van der Waals surface area contributed by atoms with E-state index in [-0.39, 0.29) is 24.0 Å². The molecule has 1 unspecified atom stereocenters. The van der Waals surface area contributed by atoms with Gasteiger partial charge in [-0.25, -0.2) is 0 Å². The summed E-state index contributed by atoms with van der Waals surface area (Å²) in [6.07, 6.45) is 12.6. The van der Waals surface area contributed by atoms with Gasteiger partial charge >= 0.3 is 0 Å². The molecule has 0 aromatic carbocycles. The largest absolute Gasteiger partial charge is 0.357 e. The van der Waals surface area contributed by atoms with Crippen molar-refractivity contribution in [3.63, 3.8) is 0 Å². The minimum Gasteiger partial charge on any atom is -0.357 e. The van der Waals surface area contributed by atoms with Crippen LogP contribution in [0.2, 0.25) is 0 Å². The topological polar surface area (TPSA) is 56.7 Å². The van der Waals surface area contributed by atoms with Gasteiger partial charge in [-0.2, -0.15) is 0 Å². The van der Waals surface area contributed by atoms with Crippen LogP contribution in [0.1, 0.15) is 71.1 Å². The van der Waals surface area contributed by atoms with Crippen molar-refractivity contribution in [2.75, 3.05) is 26.2 Å². The summed E-state index contributed by atoms with van der Waals surface area (Å²) in [4.78, 5) is 19.7. The van der Waals surface area contributed by atoms with Crippen LogP contribution in [0.15, 0.2) is 4.99 Å². The Morgan fingerprint density at radius 1 is 1.11 bits per heavy atom. The second-order valence-electron chi connectivity index (χ2n) is 9.08. The van der Waals surface area contributed by atoms with Crippen LogP contribution in [0.3, 0.4) is 0 Å². The molecule has 0 spiro atoms. The lowest BCUT2D eigenvalue weighted by Crippen LogP contribution is -2.46. The average molecular weight is 488 g/mol. The van der Waals surface area contributed by atoms with Crippen LogP contribution in [0.5, 0.6) is 0 Å². The summed E-state index contributed by atoms with van der Waals surface area (Å²) in [5, 5.41) is 7.04. The Hall–Kier alpha value is -0.530. The Morgan fingerprint density at radius 3 is 2.44 bits per heavy atom. The molecule has 154 valence electrons. The zero-order valence-electron chi connectivity index (χ0n) is 16.8. The number of amides is 1. The number of nitrogens with one attached hydrogen (secondary N) is 2. The Kier molecular flexibility index (Phi) is 7.31. The highest BCUT2D eigenvalue weighted by Crippen LogP contribution is 2.57. The molecule has 1 amide bonds. The van der Waals surface area contributed by atoms with Crippen molar-refractivity contribution in [2.45, 2.75) is 77.2 Å². The van der Waals surface area contributed by atoms with Crippen LogP contribution in [-0.4, -0.2) is 49.0 Å². The van der Waals surface area contributed by atoms with E-state index in [0.29, 0.717) is 23.3 Å². The molecule has 0 bridgehead atoms. The van der Waals surface area contributed by atoms with Gasteiger partial charge in [-0.15, -0.1) is 24.0 Å². The fourth-order valence-electron chi connectivity index (χ4n) is 5.28. The van der Waals surface area contributed by atoms with Gasteiger partial charge in [-0.05, 0) is 63.2 Å². The fourth-order valence-corrected chi connectivity index (χ4v) is 5.28. The molecule has 4 aliphatic rings. The molecular weight excluding hydrogens is 451 g/mol. The molecule has 3 saturated carbocycles. The van der Waals surface area contributed by atoms with Crippen molar-refractivity contribution in [2.24, 2.45) is 22.2 Å². The average Bonchev–Trinajstić information content (AvgIpc) is 3.11. The maximum Gasteiger partial charge on any atom is 0.225 e. The number of guanidine groups is 1. The van der Waals surface area contributed by atoms with Crippen molar-refractivity contribution >= 4 is 35.8 Å².